The minimum atomic E-state index is -0.900. The van der Waals surface area contributed by atoms with Crippen LogP contribution in [0.5, 0.6) is 0 Å². The van der Waals surface area contributed by atoms with E-state index in [4.69, 9.17) is 0 Å². The molecule has 1 saturated heterocycles. The number of hydrogen-bond acceptors (Lipinski definition) is 5. The van der Waals surface area contributed by atoms with Gasteiger partial charge in [0.1, 0.15) is 5.00 Å². The average Bonchev–Trinajstić information content (AvgIpc) is 3.32. The lowest BCUT2D eigenvalue weighted by atomic mass is 9.95. The van der Waals surface area contributed by atoms with E-state index >= 15 is 0 Å². The van der Waals surface area contributed by atoms with Crippen molar-refractivity contribution in [1.29, 1.82) is 0 Å². The van der Waals surface area contributed by atoms with Crippen molar-refractivity contribution in [2.45, 2.75) is 52.5 Å². The Kier molecular flexibility index (Phi) is 5.70. The highest BCUT2D eigenvalue weighted by Gasteiger charge is 2.37. The predicted molar refractivity (Wildman–Crippen MR) is 124 cm³/mol. The Morgan fingerprint density at radius 3 is 2.65 bits per heavy atom. The third-order valence-electron chi connectivity index (χ3n) is 5.90. The topological polar surface area (TPSA) is 79.6 Å². The highest BCUT2D eigenvalue weighted by atomic mass is 32.2. The van der Waals surface area contributed by atoms with Crippen LogP contribution in [-0.2, 0) is 17.6 Å². The van der Waals surface area contributed by atoms with Crippen molar-refractivity contribution in [3.05, 3.63) is 56.6 Å². The number of fused-ring (bicyclic) bond motifs is 1. The number of aromatic carboxylic acids is 1. The summed E-state index contributed by atoms with van der Waals surface area (Å²) in [5, 5.41) is 10.4. The van der Waals surface area contributed by atoms with Crippen LogP contribution < -0.4 is 0 Å². The molecule has 8 heteroatoms. The van der Waals surface area contributed by atoms with Gasteiger partial charge in [-0.2, -0.15) is 0 Å². The van der Waals surface area contributed by atoms with E-state index in [0.29, 0.717) is 10.5 Å². The van der Waals surface area contributed by atoms with Crippen LogP contribution in [-0.4, -0.2) is 37.7 Å². The van der Waals surface area contributed by atoms with Gasteiger partial charge in [-0.05, 0) is 81.5 Å². The van der Waals surface area contributed by atoms with Crippen molar-refractivity contribution in [2.75, 3.05) is 0 Å². The molecule has 1 N–H and O–H groups in total. The number of hydrogen-bond donors (Lipinski definition) is 1. The highest BCUT2D eigenvalue weighted by molar-refractivity contribution is 8.18. The molecule has 2 aliphatic rings. The largest absolute Gasteiger partial charge is 0.478 e. The van der Waals surface area contributed by atoms with E-state index in [1.54, 1.807) is 30.4 Å². The summed E-state index contributed by atoms with van der Waals surface area (Å²) in [6.07, 6.45) is 7.11. The fourth-order valence-corrected chi connectivity index (χ4v) is 6.65. The first kappa shape index (κ1) is 21.6. The summed E-state index contributed by atoms with van der Waals surface area (Å²) >= 11 is 2.47. The quantitative estimate of drug-likeness (QED) is 0.485. The molecule has 0 unspecified atom stereocenters. The maximum atomic E-state index is 12.8. The Hall–Kier alpha value is -2.58. The van der Waals surface area contributed by atoms with Gasteiger partial charge in [-0.15, -0.1) is 17.9 Å². The highest BCUT2D eigenvalue weighted by Crippen LogP contribution is 2.40. The zero-order valence-electron chi connectivity index (χ0n) is 17.7. The van der Waals surface area contributed by atoms with Crippen LogP contribution in [0.2, 0.25) is 0 Å². The zero-order valence-corrected chi connectivity index (χ0v) is 19.4. The number of aromatic nitrogens is 1. The molecule has 6 nitrogen and oxygen atoms in total. The van der Waals surface area contributed by atoms with Crippen molar-refractivity contribution in [1.82, 2.24) is 9.47 Å². The van der Waals surface area contributed by atoms with Gasteiger partial charge in [0.15, 0.2) is 0 Å². The van der Waals surface area contributed by atoms with Crippen molar-refractivity contribution in [2.24, 2.45) is 0 Å². The summed E-state index contributed by atoms with van der Waals surface area (Å²) in [7, 11) is 0. The van der Waals surface area contributed by atoms with E-state index < -0.39 is 5.97 Å². The Bertz CT molecular complexity index is 1150. The number of thiophene rings is 1. The monoisotopic (exact) mass is 456 g/mol. The number of carboxylic acid groups (broad SMARTS) is 1. The van der Waals surface area contributed by atoms with Crippen LogP contribution in [0.1, 0.15) is 57.5 Å². The van der Waals surface area contributed by atoms with E-state index in [0.717, 1.165) is 69.8 Å². The molecular formula is C23H24N2O4S2. The standard InChI is InChI=1S/C23H24N2O4S2/c1-5-12(2)25-20(26)18(31-23(25)29)11-15-10-13(3)24(14(15)4)21-19(22(27)28)16-8-6-7-9-17(16)30-21/h5,10-12H,1,6-9H2,2-4H3,(H,27,28)/b18-11-/t12-/m1/s1. The number of rotatable bonds is 5. The van der Waals surface area contributed by atoms with Gasteiger partial charge in [0.2, 0.25) is 0 Å². The summed E-state index contributed by atoms with van der Waals surface area (Å²) in [5.74, 6) is -1.23. The summed E-state index contributed by atoms with van der Waals surface area (Å²) in [4.78, 5) is 39.9. The Morgan fingerprint density at radius 1 is 1.26 bits per heavy atom. The number of carboxylic acids is 1. The van der Waals surface area contributed by atoms with Crippen molar-refractivity contribution < 1.29 is 19.5 Å². The average molecular weight is 457 g/mol. The lowest BCUT2D eigenvalue weighted by molar-refractivity contribution is -0.123. The molecule has 0 aromatic carbocycles. The van der Waals surface area contributed by atoms with Gasteiger partial charge in [0.05, 0.1) is 16.5 Å². The smallest absolute Gasteiger partial charge is 0.339 e. The maximum Gasteiger partial charge on any atom is 0.339 e. The normalized spacial score (nSPS) is 18.5. The molecule has 0 spiro atoms. The third-order valence-corrected chi connectivity index (χ3v) is 8.06. The fraction of sp³-hybridized carbons (Fsp3) is 0.348. The number of carbonyl (C=O) groups is 3. The van der Waals surface area contributed by atoms with Gasteiger partial charge in [-0.3, -0.25) is 14.5 Å². The Morgan fingerprint density at radius 2 is 1.97 bits per heavy atom. The van der Waals surface area contributed by atoms with Crippen LogP contribution in [0.4, 0.5) is 4.79 Å². The van der Waals surface area contributed by atoms with E-state index in [-0.39, 0.29) is 17.2 Å². The van der Waals surface area contributed by atoms with Gasteiger partial charge >= 0.3 is 5.97 Å². The summed E-state index contributed by atoms with van der Waals surface area (Å²) in [6.45, 7) is 9.27. The van der Waals surface area contributed by atoms with Gasteiger partial charge in [-0.25, -0.2) is 4.79 Å². The second-order valence-corrected chi connectivity index (χ2v) is 9.96. The lowest BCUT2D eigenvalue weighted by Gasteiger charge is -2.17. The molecule has 2 aromatic heterocycles. The fourth-order valence-electron chi connectivity index (χ4n) is 4.25. The summed E-state index contributed by atoms with van der Waals surface area (Å²) in [6, 6.07) is 1.56. The first-order chi connectivity index (χ1) is 14.7. The SMILES string of the molecule is C=C[C@@H](C)N1C(=O)S/C(=C\c2cc(C)n(-c3sc4c(c3C(=O)O)CCCC4)c2C)C1=O. The van der Waals surface area contributed by atoms with Crippen LogP contribution in [0, 0.1) is 13.8 Å². The second-order valence-electron chi connectivity index (χ2n) is 7.89. The number of carbonyl (C=O) groups excluding carboxylic acids is 2. The van der Waals surface area contributed by atoms with Gasteiger partial charge in [0.25, 0.3) is 11.1 Å². The van der Waals surface area contributed by atoms with Crippen LogP contribution >= 0.6 is 23.1 Å². The second kappa shape index (κ2) is 8.16. The zero-order chi connectivity index (χ0) is 22.4. The minimum Gasteiger partial charge on any atom is -0.478 e. The molecule has 0 bridgehead atoms. The molecule has 1 fully saturated rings. The molecule has 2 amide bonds. The van der Waals surface area contributed by atoms with Gasteiger partial charge < -0.3 is 9.67 Å². The molecular weight excluding hydrogens is 432 g/mol. The van der Waals surface area contributed by atoms with Gasteiger partial charge in [-0.1, -0.05) is 6.08 Å². The number of imide groups is 1. The molecule has 4 rings (SSSR count). The van der Waals surface area contributed by atoms with E-state index in [1.807, 2.05) is 24.5 Å². The Balaban J connectivity index is 1.78. The molecule has 162 valence electrons. The molecule has 2 aromatic rings. The van der Waals surface area contributed by atoms with Crippen molar-refractivity contribution in [3.8, 4) is 5.00 Å². The van der Waals surface area contributed by atoms with Crippen molar-refractivity contribution in [3.63, 3.8) is 0 Å². The molecule has 1 aliphatic carbocycles. The van der Waals surface area contributed by atoms with E-state index in [2.05, 4.69) is 6.58 Å². The predicted octanol–water partition coefficient (Wildman–Crippen LogP) is 5.34. The van der Waals surface area contributed by atoms with Gasteiger partial charge in [0, 0.05) is 16.3 Å². The van der Waals surface area contributed by atoms with E-state index in [9.17, 15) is 19.5 Å². The molecule has 0 radical (unpaired) electrons. The molecule has 1 atom stereocenters. The summed E-state index contributed by atoms with van der Waals surface area (Å²) in [5.41, 5.74) is 3.91. The molecule has 0 saturated carbocycles. The van der Waals surface area contributed by atoms with Crippen molar-refractivity contribution >= 4 is 46.3 Å². The number of nitrogens with zero attached hydrogens (tertiary/aromatic N) is 2. The van der Waals surface area contributed by atoms with Crippen LogP contribution in [0.15, 0.2) is 23.6 Å². The number of amides is 2. The molecule has 1 aliphatic heterocycles. The maximum absolute atomic E-state index is 12.8. The first-order valence-corrected chi connectivity index (χ1v) is 11.8. The van der Waals surface area contributed by atoms with Crippen LogP contribution in [0.3, 0.4) is 0 Å². The summed E-state index contributed by atoms with van der Waals surface area (Å²) < 4.78 is 1.97. The molecule has 3 heterocycles. The van der Waals surface area contributed by atoms with Crippen LogP contribution in [0.25, 0.3) is 11.1 Å². The number of thioether (sulfide) groups is 1. The van der Waals surface area contributed by atoms with E-state index in [1.165, 1.54) is 4.90 Å². The third kappa shape index (κ3) is 3.57. The molecule has 31 heavy (non-hydrogen) atoms. The Labute approximate surface area is 189 Å². The first-order valence-electron chi connectivity index (χ1n) is 10.2. The minimum absolute atomic E-state index is 0.309. The lowest BCUT2D eigenvalue weighted by Crippen LogP contribution is -2.35. The number of aryl methyl sites for hydroxylation is 2.